The summed E-state index contributed by atoms with van der Waals surface area (Å²) in [7, 11) is 0. The summed E-state index contributed by atoms with van der Waals surface area (Å²) < 4.78 is 0. The van der Waals surface area contributed by atoms with Crippen molar-refractivity contribution in [1.29, 1.82) is 0 Å². The zero-order valence-corrected chi connectivity index (χ0v) is 21.8. The highest BCUT2D eigenvalue weighted by Crippen LogP contribution is 2.53. The summed E-state index contributed by atoms with van der Waals surface area (Å²) in [6.07, 6.45) is 4.66. The van der Waals surface area contributed by atoms with Crippen molar-refractivity contribution in [3.05, 3.63) is 58.9 Å². The van der Waals surface area contributed by atoms with Crippen molar-refractivity contribution in [1.82, 2.24) is 21.1 Å². The minimum atomic E-state index is 0.527. The summed E-state index contributed by atoms with van der Waals surface area (Å²) in [5.41, 5.74) is 13.3. The molecular weight excluding hydrogens is 406 g/mol. The van der Waals surface area contributed by atoms with Crippen LogP contribution in [0.25, 0.3) is 0 Å². The second kappa shape index (κ2) is 13.7. The molecule has 0 radical (unpaired) electrons. The van der Waals surface area contributed by atoms with Gasteiger partial charge >= 0.3 is 0 Å². The maximum atomic E-state index is 4.24. The van der Waals surface area contributed by atoms with E-state index in [1.54, 1.807) is 0 Å². The van der Waals surface area contributed by atoms with Crippen LogP contribution in [-0.2, 0) is 6.42 Å². The van der Waals surface area contributed by atoms with Crippen molar-refractivity contribution >= 4 is 6.72 Å². The smallest absolute Gasteiger partial charge is 0.0370 e. The van der Waals surface area contributed by atoms with Crippen molar-refractivity contribution in [2.45, 2.75) is 60.3 Å². The molecule has 3 rings (SSSR count). The van der Waals surface area contributed by atoms with Crippen LogP contribution in [-0.4, -0.2) is 50.9 Å². The van der Waals surface area contributed by atoms with Gasteiger partial charge in [-0.15, -0.1) is 0 Å². The van der Waals surface area contributed by atoms with E-state index >= 15 is 0 Å². The first-order valence-corrected chi connectivity index (χ1v) is 12.7. The van der Waals surface area contributed by atoms with E-state index in [1.165, 1.54) is 42.6 Å². The van der Waals surface area contributed by atoms with Crippen LogP contribution in [0.1, 0.15) is 58.1 Å². The first kappa shape index (κ1) is 27.3. The SMILES string of the molecule is C=N/C(C)=C(\CCc1ccc(C)cc1)CN1CC2(CC(C(=C)NNCC)C2)C1.CCNCC. The molecule has 1 heterocycles. The van der Waals surface area contributed by atoms with Gasteiger partial charge in [0.05, 0.1) is 0 Å². The highest BCUT2D eigenvalue weighted by Gasteiger charge is 2.52. The Morgan fingerprint density at radius 2 is 1.73 bits per heavy atom. The number of nitrogens with one attached hydrogen (secondary N) is 3. The second-order valence-electron chi connectivity index (χ2n) is 9.72. The maximum absolute atomic E-state index is 4.24. The lowest BCUT2D eigenvalue weighted by Crippen LogP contribution is -2.63. The minimum Gasteiger partial charge on any atom is -0.326 e. The summed E-state index contributed by atoms with van der Waals surface area (Å²) in [4.78, 5) is 6.82. The van der Waals surface area contributed by atoms with Gasteiger partial charge in [0, 0.05) is 43.5 Å². The molecule has 1 saturated heterocycles. The van der Waals surface area contributed by atoms with E-state index in [0.717, 1.165) is 50.4 Å². The fourth-order valence-corrected chi connectivity index (χ4v) is 4.86. The van der Waals surface area contributed by atoms with Crippen molar-refractivity contribution in [3.8, 4) is 0 Å². The molecule has 1 aromatic carbocycles. The Kier molecular flexibility index (Phi) is 11.3. The van der Waals surface area contributed by atoms with Gasteiger partial charge in [-0.05, 0) is 75.9 Å². The van der Waals surface area contributed by atoms with Crippen LogP contribution in [0, 0.1) is 18.3 Å². The van der Waals surface area contributed by atoms with Crippen LogP contribution >= 0.6 is 0 Å². The van der Waals surface area contributed by atoms with E-state index < -0.39 is 0 Å². The lowest BCUT2D eigenvalue weighted by molar-refractivity contribution is -0.0816. The molecular formula is C28H47N5. The number of aryl methyl sites for hydroxylation is 2. The highest BCUT2D eigenvalue weighted by molar-refractivity contribution is 5.31. The van der Waals surface area contributed by atoms with E-state index in [0.29, 0.717) is 11.3 Å². The topological polar surface area (TPSA) is 51.7 Å². The Labute approximate surface area is 202 Å². The third-order valence-corrected chi connectivity index (χ3v) is 6.89. The predicted octanol–water partition coefficient (Wildman–Crippen LogP) is 4.86. The third kappa shape index (κ3) is 8.40. The quantitative estimate of drug-likeness (QED) is 0.313. The molecule has 184 valence electrons. The molecule has 1 aliphatic carbocycles. The summed E-state index contributed by atoms with van der Waals surface area (Å²) in [5, 5.41) is 3.11. The van der Waals surface area contributed by atoms with Crippen molar-refractivity contribution in [3.63, 3.8) is 0 Å². The number of nitrogens with zero attached hydrogens (tertiary/aromatic N) is 2. The van der Waals surface area contributed by atoms with Gasteiger partial charge in [-0.2, -0.15) is 0 Å². The molecule has 2 aliphatic rings. The normalized spacial score (nSPS) is 17.8. The monoisotopic (exact) mass is 453 g/mol. The number of hydrogen-bond donors (Lipinski definition) is 3. The number of benzene rings is 1. The van der Waals surface area contributed by atoms with Crippen LogP contribution in [0.15, 0.2) is 52.8 Å². The molecule has 1 saturated carbocycles. The van der Waals surface area contributed by atoms with Gasteiger partial charge in [0.1, 0.15) is 0 Å². The molecule has 3 N–H and O–H groups in total. The fraction of sp³-hybridized carbons (Fsp3) is 0.607. The number of allylic oxidation sites excluding steroid dienone is 2. The van der Waals surface area contributed by atoms with E-state index in [2.05, 4.69) is 98.2 Å². The van der Waals surface area contributed by atoms with E-state index in [1.807, 2.05) is 0 Å². The van der Waals surface area contributed by atoms with E-state index in [-0.39, 0.29) is 0 Å². The van der Waals surface area contributed by atoms with Crippen LogP contribution in [0.5, 0.6) is 0 Å². The van der Waals surface area contributed by atoms with Crippen molar-refractivity contribution < 1.29 is 0 Å². The van der Waals surface area contributed by atoms with Crippen LogP contribution < -0.4 is 16.2 Å². The molecule has 5 nitrogen and oxygen atoms in total. The lowest BCUT2D eigenvalue weighted by atomic mass is 9.57. The Bertz CT molecular complexity index is 764. The van der Waals surface area contributed by atoms with Crippen LogP contribution in [0.3, 0.4) is 0 Å². The molecule has 0 aromatic heterocycles. The van der Waals surface area contributed by atoms with E-state index in [4.69, 9.17) is 0 Å². The zero-order valence-electron chi connectivity index (χ0n) is 21.8. The number of aliphatic imine (C=N–C) groups is 1. The predicted molar refractivity (Wildman–Crippen MR) is 144 cm³/mol. The largest absolute Gasteiger partial charge is 0.326 e. The first-order chi connectivity index (χ1) is 15.9. The first-order valence-electron chi connectivity index (χ1n) is 12.7. The summed E-state index contributed by atoms with van der Waals surface area (Å²) in [6.45, 7) is 25.0. The van der Waals surface area contributed by atoms with Gasteiger partial charge < -0.3 is 10.7 Å². The summed E-state index contributed by atoms with van der Waals surface area (Å²) in [6, 6.07) is 8.88. The Morgan fingerprint density at radius 3 is 2.24 bits per heavy atom. The van der Waals surface area contributed by atoms with Gasteiger partial charge in [-0.3, -0.25) is 9.89 Å². The van der Waals surface area contributed by atoms with Gasteiger partial charge in [-0.1, -0.05) is 57.2 Å². The molecule has 1 aliphatic heterocycles. The van der Waals surface area contributed by atoms with Crippen molar-refractivity contribution in [2.24, 2.45) is 16.3 Å². The van der Waals surface area contributed by atoms with Crippen molar-refractivity contribution in [2.75, 3.05) is 39.3 Å². The molecule has 0 unspecified atom stereocenters. The third-order valence-electron chi connectivity index (χ3n) is 6.89. The van der Waals surface area contributed by atoms with Crippen LogP contribution in [0.2, 0.25) is 0 Å². The zero-order chi connectivity index (χ0) is 24.3. The Hall–Kier alpha value is -1.95. The fourth-order valence-electron chi connectivity index (χ4n) is 4.86. The number of hydrogen-bond acceptors (Lipinski definition) is 5. The number of likely N-dealkylation sites (tertiary alicyclic amines) is 1. The number of hydrazine groups is 1. The molecule has 0 atom stereocenters. The molecule has 0 bridgehead atoms. The standard InChI is InChI=1S/C24H36N4.C4H11N/c1-6-26-27-20(4)23-13-24(14-23)16-28(17-24)15-22(19(3)25-5)12-11-21-9-7-18(2)8-10-21;1-3-5-4-2/h7-10,23,26-27H,4-6,11-17H2,1-3H3;5H,3-4H2,1-2H3/b22-19+;. The van der Waals surface area contributed by atoms with Crippen LogP contribution in [0.4, 0.5) is 0 Å². The van der Waals surface area contributed by atoms with Gasteiger partial charge in [-0.25, -0.2) is 5.43 Å². The van der Waals surface area contributed by atoms with Gasteiger partial charge in [0.2, 0.25) is 0 Å². The molecule has 1 spiro atoms. The minimum absolute atomic E-state index is 0.527. The molecule has 2 fully saturated rings. The maximum Gasteiger partial charge on any atom is 0.0370 e. The summed E-state index contributed by atoms with van der Waals surface area (Å²) >= 11 is 0. The lowest BCUT2D eigenvalue weighted by Gasteiger charge is -2.60. The molecule has 0 amide bonds. The summed E-state index contributed by atoms with van der Waals surface area (Å²) in [5.74, 6) is 0.620. The molecule has 1 aromatic rings. The highest BCUT2D eigenvalue weighted by atomic mass is 15.4. The number of rotatable bonds is 12. The molecule has 33 heavy (non-hydrogen) atoms. The van der Waals surface area contributed by atoms with Gasteiger partial charge in [0.15, 0.2) is 0 Å². The molecule has 5 heteroatoms. The Balaban J connectivity index is 0.000000696. The van der Waals surface area contributed by atoms with Gasteiger partial charge in [0.25, 0.3) is 0 Å². The van der Waals surface area contributed by atoms with E-state index in [9.17, 15) is 0 Å². The average Bonchev–Trinajstić information content (AvgIpc) is 2.76. The average molecular weight is 454 g/mol. The second-order valence-corrected chi connectivity index (χ2v) is 9.72. The Morgan fingerprint density at radius 1 is 1.09 bits per heavy atom.